The zero-order chi connectivity index (χ0) is 16.0. The number of aliphatic carboxylic acids is 1. The molecular formula is C12H18N2O6S. The van der Waals surface area contributed by atoms with Crippen LogP contribution >= 0.6 is 0 Å². The van der Waals surface area contributed by atoms with Crippen molar-refractivity contribution in [3.05, 3.63) is 18.5 Å². The van der Waals surface area contributed by atoms with Crippen molar-refractivity contribution in [2.75, 3.05) is 6.61 Å². The first-order valence-electron chi connectivity index (χ1n) is 6.29. The average molecular weight is 318 g/mol. The van der Waals surface area contributed by atoms with E-state index >= 15 is 0 Å². The summed E-state index contributed by atoms with van der Waals surface area (Å²) in [6.07, 6.45) is 2.53. The summed E-state index contributed by atoms with van der Waals surface area (Å²) in [7, 11) is -2.30. The molecule has 0 unspecified atom stereocenters. The molecule has 1 heterocycles. The summed E-state index contributed by atoms with van der Waals surface area (Å²) in [6, 6.07) is -0.0355. The van der Waals surface area contributed by atoms with Gasteiger partial charge < -0.3 is 14.4 Å². The monoisotopic (exact) mass is 318 g/mol. The number of carboxylic acids is 1. The van der Waals surface area contributed by atoms with Gasteiger partial charge >= 0.3 is 11.9 Å². The molecule has 0 bridgehead atoms. The smallest absolute Gasteiger partial charge is 0.321 e. The Kier molecular flexibility index (Phi) is 5.91. The highest BCUT2D eigenvalue weighted by atomic mass is 32.2. The number of esters is 1. The molecule has 0 amide bonds. The van der Waals surface area contributed by atoms with E-state index in [2.05, 4.69) is 9.46 Å². The summed E-state index contributed by atoms with van der Waals surface area (Å²) in [4.78, 5) is 22.3. The van der Waals surface area contributed by atoms with E-state index in [4.69, 9.17) is 5.11 Å². The molecule has 9 heteroatoms. The summed E-state index contributed by atoms with van der Waals surface area (Å²) >= 11 is 0. The second-order valence-corrected chi connectivity index (χ2v) is 6.08. The highest BCUT2D eigenvalue weighted by Crippen LogP contribution is 2.11. The summed E-state index contributed by atoms with van der Waals surface area (Å²) < 4.78 is 32.3. The van der Waals surface area contributed by atoms with Gasteiger partial charge in [-0.3, -0.25) is 9.59 Å². The van der Waals surface area contributed by atoms with Gasteiger partial charge in [-0.25, -0.2) is 8.42 Å². The van der Waals surface area contributed by atoms with Gasteiger partial charge in [0.15, 0.2) is 0 Å². The number of hydrogen-bond donors (Lipinski definition) is 2. The largest absolute Gasteiger partial charge is 0.480 e. The molecule has 118 valence electrons. The Labute approximate surface area is 122 Å². The molecule has 8 nitrogen and oxygen atoms in total. The molecule has 0 saturated carbocycles. The van der Waals surface area contributed by atoms with E-state index in [9.17, 15) is 18.0 Å². The molecule has 0 aromatic carbocycles. The van der Waals surface area contributed by atoms with Gasteiger partial charge in [-0.15, -0.1) is 0 Å². The van der Waals surface area contributed by atoms with Crippen LogP contribution in [0.25, 0.3) is 0 Å². The maximum Gasteiger partial charge on any atom is 0.321 e. The van der Waals surface area contributed by atoms with Crippen LogP contribution in [0.3, 0.4) is 0 Å². The Bertz CT molecular complexity index is 607. The number of carbonyl (C=O) groups is 2. The van der Waals surface area contributed by atoms with E-state index in [1.807, 2.05) is 0 Å². The third-order valence-electron chi connectivity index (χ3n) is 2.65. The number of rotatable bonds is 8. The quantitative estimate of drug-likeness (QED) is 0.657. The summed E-state index contributed by atoms with van der Waals surface area (Å²) in [5.74, 6) is -1.92. The summed E-state index contributed by atoms with van der Waals surface area (Å²) in [5.41, 5.74) is 0. The number of ether oxygens (including phenoxy) is 1. The van der Waals surface area contributed by atoms with Crippen molar-refractivity contribution in [2.45, 2.75) is 30.7 Å². The average Bonchev–Trinajstić information content (AvgIpc) is 2.82. The van der Waals surface area contributed by atoms with Gasteiger partial charge in [0, 0.05) is 25.9 Å². The molecule has 1 aromatic rings. The van der Waals surface area contributed by atoms with Crippen molar-refractivity contribution in [2.24, 2.45) is 7.05 Å². The molecule has 0 aliphatic heterocycles. The van der Waals surface area contributed by atoms with Crippen LogP contribution in [-0.4, -0.2) is 42.7 Å². The van der Waals surface area contributed by atoms with Crippen LogP contribution in [0.15, 0.2) is 23.4 Å². The van der Waals surface area contributed by atoms with Gasteiger partial charge in [0.2, 0.25) is 10.0 Å². The number of carboxylic acid groups (broad SMARTS) is 1. The third-order valence-corrected chi connectivity index (χ3v) is 4.11. The van der Waals surface area contributed by atoms with Crippen LogP contribution in [-0.2, 0) is 31.4 Å². The Morgan fingerprint density at radius 2 is 2.14 bits per heavy atom. The number of nitrogens with one attached hydrogen (secondary N) is 1. The normalized spacial score (nSPS) is 12.9. The fraction of sp³-hybridized carbons (Fsp3) is 0.500. The van der Waals surface area contributed by atoms with E-state index in [0.717, 1.165) is 0 Å². The first kappa shape index (κ1) is 17.2. The van der Waals surface area contributed by atoms with Crippen molar-refractivity contribution in [1.82, 2.24) is 9.29 Å². The molecule has 1 rings (SSSR count). The molecule has 0 spiro atoms. The molecule has 0 saturated heterocycles. The summed E-state index contributed by atoms with van der Waals surface area (Å²) in [6.45, 7) is 1.82. The van der Waals surface area contributed by atoms with Gasteiger partial charge in [-0.05, 0) is 19.4 Å². The van der Waals surface area contributed by atoms with Gasteiger partial charge in [0.1, 0.15) is 6.04 Å². The van der Waals surface area contributed by atoms with Crippen molar-refractivity contribution >= 4 is 22.0 Å². The Morgan fingerprint density at radius 1 is 1.48 bits per heavy atom. The highest BCUT2D eigenvalue weighted by molar-refractivity contribution is 7.89. The topological polar surface area (TPSA) is 115 Å². The van der Waals surface area contributed by atoms with Crippen LogP contribution in [0.2, 0.25) is 0 Å². The first-order chi connectivity index (χ1) is 9.76. The van der Waals surface area contributed by atoms with E-state index in [0.29, 0.717) is 0 Å². The van der Waals surface area contributed by atoms with Gasteiger partial charge in [0.25, 0.3) is 0 Å². The van der Waals surface area contributed by atoms with Crippen LogP contribution in [0.5, 0.6) is 0 Å². The minimum absolute atomic E-state index is 0.0348. The lowest BCUT2D eigenvalue weighted by Gasteiger charge is -2.13. The fourth-order valence-corrected chi connectivity index (χ4v) is 2.89. The maximum absolute atomic E-state index is 12.0. The van der Waals surface area contributed by atoms with E-state index in [1.165, 1.54) is 23.0 Å². The Balaban J connectivity index is 2.74. The number of sulfonamides is 1. The standard InChI is InChI=1S/C12H18N2O6S/c1-3-20-11(15)5-4-10(12(16)17)13-21(18,19)9-6-7-14(2)8-9/h6-8,10,13H,3-5H2,1-2H3,(H,16,17)/t10-/m0/s1. The van der Waals surface area contributed by atoms with Crippen molar-refractivity contribution in [3.63, 3.8) is 0 Å². The minimum Gasteiger partial charge on any atom is -0.480 e. The molecule has 2 N–H and O–H groups in total. The SMILES string of the molecule is CCOC(=O)CC[C@H](NS(=O)(=O)c1ccn(C)c1)C(=O)O. The zero-order valence-corrected chi connectivity index (χ0v) is 12.6. The van der Waals surface area contributed by atoms with Crippen LogP contribution in [0.4, 0.5) is 0 Å². The van der Waals surface area contributed by atoms with Crippen molar-refractivity contribution in [1.29, 1.82) is 0 Å². The summed E-state index contributed by atoms with van der Waals surface area (Å²) in [5, 5.41) is 9.05. The lowest BCUT2D eigenvalue weighted by Crippen LogP contribution is -2.41. The number of hydrogen-bond acceptors (Lipinski definition) is 5. The Morgan fingerprint density at radius 3 is 2.62 bits per heavy atom. The number of aryl methyl sites for hydroxylation is 1. The predicted molar refractivity (Wildman–Crippen MR) is 73.0 cm³/mol. The third kappa shape index (κ3) is 5.20. The van der Waals surface area contributed by atoms with E-state index < -0.39 is 28.0 Å². The molecule has 0 fully saturated rings. The minimum atomic E-state index is -3.95. The van der Waals surface area contributed by atoms with Gasteiger partial charge in [-0.1, -0.05) is 0 Å². The first-order valence-corrected chi connectivity index (χ1v) is 7.77. The van der Waals surface area contributed by atoms with Crippen molar-refractivity contribution < 1.29 is 27.9 Å². The molecule has 1 aromatic heterocycles. The maximum atomic E-state index is 12.0. The van der Waals surface area contributed by atoms with Crippen LogP contribution in [0, 0.1) is 0 Å². The second kappa shape index (κ2) is 7.23. The second-order valence-electron chi connectivity index (χ2n) is 4.37. The van der Waals surface area contributed by atoms with E-state index in [-0.39, 0.29) is 24.3 Å². The Hall–Kier alpha value is -1.87. The number of nitrogens with zero attached hydrogens (tertiary/aromatic N) is 1. The molecule has 0 radical (unpaired) electrons. The lowest BCUT2D eigenvalue weighted by atomic mass is 10.2. The zero-order valence-electron chi connectivity index (χ0n) is 11.8. The van der Waals surface area contributed by atoms with Gasteiger partial charge in [0.05, 0.1) is 11.5 Å². The molecule has 0 aliphatic carbocycles. The highest BCUT2D eigenvalue weighted by Gasteiger charge is 2.26. The number of aromatic nitrogens is 1. The lowest BCUT2D eigenvalue weighted by molar-refractivity contribution is -0.144. The molecule has 21 heavy (non-hydrogen) atoms. The molecular weight excluding hydrogens is 300 g/mol. The predicted octanol–water partition coefficient (Wildman–Crippen LogP) is 0.0999. The van der Waals surface area contributed by atoms with Crippen LogP contribution in [0.1, 0.15) is 19.8 Å². The van der Waals surface area contributed by atoms with Crippen molar-refractivity contribution in [3.8, 4) is 0 Å². The van der Waals surface area contributed by atoms with Gasteiger partial charge in [-0.2, -0.15) is 4.72 Å². The van der Waals surface area contributed by atoms with E-state index in [1.54, 1.807) is 14.0 Å². The number of carbonyl (C=O) groups excluding carboxylic acids is 1. The fourth-order valence-electron chi connectivity index (χ4n) is 1.62. The molecule has 1 atom stereocenters. The molecule has 0 aliphatic rings. The van der Waals surface area contributed by atoms with Crippen LogP contribution < -0.4 is 4.72 Å².